The number of aromatic nitrogens is 2. The lowest BCUT2D eigenvalue weighted by molar-refractivity contribution is 0.0984. The van der Waals surface area contributed by atoms with E-state index in [9.17, 15) is 4.79 Å². The van der Waals surface area contributed by atoms with E-state index in [2.05, 4.69) is 21.0 Å². The zero-order valence-electron chi connectivity index (χ0n) is 9.15. The highest BCUT2D eigenvalue weighted by atomic mass is 79.9. The third-order valence-corrected chi connectivity index (χ3v) is 3.18. The van der Waals surface area contributed by atoms with Crippen molar-refractivity contribution in [2.45, 2.75) is 6.42 Å². The Balaban J connectivity index is 2.23. The number of nitrogens with zero attached hydrogens (tertiary/aromatic N) is 2. The lowest BCUT2D eigenvalue weighted by atomic mass is 10.1. The second-order valence-corrected chi connectivity index (χ2v) is 5.02. The maximum atomic E-state index is 12.1. The molecule has 2 rings (SSSR count). The summed E-state index contributed by atoms with van der Waals surface area (Å²) >= 11 is 9.30. The number of benzene rings is 1. The van der Waals surface area contributed by atoms with Gasteiger partial charge >= 0.3 is 0 Å². The first-order chi connectivity index (χ1) is 8.08. The van der Waals surface area contributed by atoms with Crippen LogP contribution in [0.3, 0.4) is 0 Å². The van der Waals surface area contributed by atoms with E-state index < -0.39 is 0 Å². The highest BCUT2D eigenvalue weighted by Crippen LogP contribution is 2.18. The fraction of sp³-hybridized carbons (Fsp3) is 0.167. The molecule has 88 valence electrons. The van der Waals surface area contributed by atoms with Crippen LogP contribution in [-0.2, 0) is 13.5 Å². The summed E-state index contributed by atoms with van der Waals surface area (Å²) < 4.78 is 2.46. The molecular formula is C12H10BrClN2O. The van der Waals surface area contributed by atoms with E-state index in [4.69, 9.17) is 11.6 Å². The Morgan fingerprint density at radius 1 is 1.53 bits per heavy atom. The second kappa shape index (κ2) is 5.02. The summed E-state index contributed by atoms with van der Waals surface area (Å²) in [6, 6.07) is 7.65. The molecule has 17 heavy (non-hydrogen) atoms. The Morgan fingerprint density at radius 2 is 2.29 bits per heavy atom. The number of hydrogen-bond donors (Lipinski definition) is 0. The first-order valence-corrected chi connectivity index (χ1v) is 6.20. The molecule has 3 nitrogen and oxygen atoms in total. The standard InChI is InChI=1S/C12H10BrClN2O/c1-16-12(10(14)7-15-16)11(17)6-8-3-2-4-9(13)5-8/h2-5,7H,6H2,1H3. The molecule has 0 unspecified atom stereocenters. The zero-order chi connectivity index (χ0) is 12.4. The Bertz CT molecular complexity index is 546. The lowest BCUT2D eigenvalue weighted by Gasteiger charge is -2.03. The Hall–Kier alpha value is -1.13. The van der Waals surface area contributed by atoms with Gasteiger partial charge in [-0.25, -0.2) is 0 Å². The number of carbonyl (C=O) groups is 1. The van der Waals surface area contributed by atoms with Gasteiger partial charge in [-0.1, -0.05) is 39.7 Å². The molecule has 0 spiro atoms. The average molecular weight is 314 g/mol. The zero-order valence-corrected chi connectivity index (χ0v) is 11.5. The predicted molar refractivity (Wildman–Crippen MR) is 70.4 cm³/mol. The highest BCUT2D eigenvalue weighted by Gasteiger charge is 2.15. The average Bonchev–Trinajstić information content (AvgIpc) is 2.58. The molecule has 0 amide bonds. The molecule has 0 radical (unpaired) electrons. The van der Waals surface area contributed by atoms with Crippen molar-refractivity contribution >= 4 is 33.3 Å². The maximum Gasteiger partial charge on any atom is 0.186 e. The molecule has 0 saturated carbocycles. The van der Waals surface area contributed by atoms with Gasteiger partial charge < -0.3 is 0 Å². The topological polar surface area (TPSA) is 34.9 Å². The number of Topliss-reactive ketones (excluding diaryl/α,β-unsaturated/α-hetero) is 1. The number of carbonyl (C=O) groups excluding carboxylic acids is 1. The van der Waals surface area contributed by atoms with Gasteiger partial charge in [-0.3, -0.25) is 9.48 Å². The van der Waals surface area contributed by atoms with E-state index in [1.807, 2.05) is 24.3 Å². The summed E-state index contributed by atoms with van der Waals surface area (Å²) in [4.78, 5) is 12.1. The van der Waals surface area contributed by atoms with E-state index in [1.165, 1.54) is 10.9 Å². The van der Waals surface area contributed by atoms with Gasteiger partial charge in [0.25, 0.3) is 0 Å². The second-order valence-electron chi connectivity index (χ2n) is 3.69. The summed E-state index contributed by atoms with van der Waals surface area (Å²) in [6.07, 6.45) is 1.80. The first-order valence-electron chi connectivity index (χ1n) is 5.03. The monoisotopic (exact) mass is 312 g/mol. The van der Waals surface area contributed by atoms with Crippen LogP contribution in [0.4, 0.5) is 0 Å². The Kier molecular flexibility index (Phi) is 3.64. The van der Waals surface area contributed by atoms with Gasteiger partial charge in [-0.15, -0.1) is 0 Å². The Morgan fingerprint density at radius 3 is 2.88 bits per heavy atom. The van der Waals surface area contributed by atoms with Gasteiger partial charge in [-0.05, 0) is 17.7 Å². The highest BCUT2D eigenvalue weighted by molar-refractivity contribution is 9.10. The minimum atomic E-state index is -0.0342. The molecule has 5 heteroatoms. The maximum absolute atomic E-state index is 12.1. The van der Waals surface area contributed by atoms with E-state index in [0.717, 1.165) is 10.0 Å². The van der Waals surface area contributed by atoms with Crippen molar-refractivity contribution in [1.82, 2.24) is 9.78 Å². The summed E-state index contributed by atoms with van der Waals surface area (Å²) in [5, 5.41) is 4.35. The third-order valence-electron chi connectivity index (χ3n) is 2.41. The van der Waals surface area contributed by atoms with Gasteiger partial charge in [0.1, 0.15) is 5.69 Å². The number of ketones is 1. The summed E-state index contributed by atoms with van der Waals surface area (Å²) in [5.41, 5.74) is 1.40. The fourth-order valence-corrected chi connectivity index (χ4v) is 2.36. The Labute approximate surface area is 113 Å². The number of aryl methyl sites for hydroxylation is 1. The molecule has 0 fully saturated rings. The van der Waals surface area contributed by atoms with E-state index >= 15 is 0 Å². The van der Waals surface area contributed by atoms with Crippen LogP contribution in [-0.4, -0.2) is 15.6 Å². The molecule has 0 atom stereocenters. The quantitative estimate of drug-likeness (QED) is 0.815. The summed E-state index contributed by atoms with van der Waals surface area (Å²) in [6.45, 7) is 0. The van der Waals surface area contributed by atoms with Gasteiger partial charge in [0.15, 0.2) is 5.78 Å². The molecule has 0 bridgehead atoms. The minimum absolute atomic E-state index is 0.0342. The third kappa shape index (κ3) is 2.76. The molecular weight excluding hydrogens is 304 g/mol. The number of halogens is 2. The van der Waals surface area contributed by atoms with Crippen LogP contribution in [0.1, 0.15) is 16.1 Å². The van der Waals surface area contributed by atoms with E-state index in [1.54, 1.807) is 7.05 Å². The van der Waals surface area contributed by atoms with Crippen LogP contribution in [0, 0.1) is 0 Å². The molecule has 1 aromatic carbocycles. The van der Waals surface area contributed by atoms with Gasteiger partial charge in [0.2, 0.25) is 0 Å². The van der Waals surface area contributed by atoms with Gasteiger partial charge in [-0.2, -0.15) is 5.10 Å². The molecule has 0 aliphatic heterocycles. The molecule has 0 aliphatic rings. The van der Waals surface area contributed by atoms with Crippen molar-refractivity contribution in [3.63, 3.8) is 0 Å². The largest absolute Gasteiger partial charge is 0.292 e. The van der Waals surface area contributed by atoms with E-state index in [0.29, 0.717) is 17.1 Å². The predicted octanol–water partition coefficient (Wildman–Crippen LogP) is 3.26. The molecule has 1 heterocycles. The molecule has 0 aliphatic carbocycles. The SMILES string of the molecule is Cn1ncc(Cl)c1C(=O)Cc1cccc(Br)c1. The van der Waals surface area contributed by atoms with Crippen LogP contribution in [0.15, 0.2) is 34.9 Å². The van der Waals surface area contributed by atoms with Crippen LogP contribution >= 0.6 is 27.5 Å². The number of hydrogen-bond acceptors (Lipinski definition) is 2. The van der Waals surface area contributed by atoms with E-state index in [-0.39, 0.29) is 5.78 Å². The minimum Gasteiger partial charge on any atom is -0.292 e. The smallest absolute Gasteiger partial charge is 0.186 e. The van der Waals surface area contributed by atoms with Gasteiger partial charge in [0, 0.05) is 17.9 Å². The van der Waals surface area contributed by atoms with Gasteiger partial charge in [0.05, 0.1) is 11.2 Å². The lowest BCUT2D eigenvalue weighted by Crippen LogP contribution is -2.10. The fourth-order valence-electron chi connectivity index (χ4n) is 1.64. The van der Waals surface area contributed by atoms with Crippen molar-refractivity contribution in [3.05, 3.63) is 51.2 Å². The van der Waals surface area contributed by atoms with Crippen molar-refractivity contribution in [3.8, 4) is 0 Å². The normalized spacial score (nSPS) is 10.5. The molecule has 2 aromatic rings. The van der Waals surface area contributed by atoms with Crippen LogP contribution in [0.5, 0.6) is 0 Å². The summed E-state index contributed by atoms with van der Waals surface area (Å²) in [5.74, 6) is -0.0342. The molecule has 0 saturated heterocycles. The van der Waals surface area contributed by atoms with Crippen LogP contribution in [0.2, 0.25) is 5.02 Å². The van der Waals surface area contributed by atoms with Crippen LogP contribution < -0.4 is 0 Å². The molecule has 1 aromatic heterocycles. The number of rotatable bonds is 3. The molecule has 0 N–H and O–H groups in total. The van der Waals surface area contributed by atoms with Crippen molar-refractivity contribution in [1.29, 1.82) is 0 Å². The first kappa shape index (κ1) is 12.3. The summed E-state index contributed by atoms with van der Waals surface area (Å²) in [7, 11) is 1.71. The van der Waals surface area contributed by atoms with Crippen molar-refractivity contribution in [2.24, 2.45) is 7.05 Å². The van der Waals surface area contributed by atoms with Crippen LogP contribution in [0.25, 0.3) is 0 Å². The van der Waals surface area contributed by atoms with Crippen molar-refractivity contribution in [2.75, 3.05) is 0 Å². The van der Waals surface area contributed by atoms with Crippen molar-refractivity contribution < 1.29 is 4.79 Å².